The van der Waals surface area contributed by atoms with Crippen molar-refractivity contribution in [1.82, 2.24) is 9.88 Å². The summed E-state index contributed by atoms with van der Waals surface area (Å²) in [6.07, 6.45) is 0.863. The van der Waals surface area contributed by atoms with Gasteiger partial charge in [0.05, 0.1) is 22.9 Å². The van der Waals surface area contributed by atoms with Gasteiger partial charge in [-0.15, -0.1) is 12.4 Å². The van der Waals surface area contributed by atoms with Gasteiger partial charge in [-0.2, -0.15) is 0 Å². The summed E-state index contributed by atoms with van der Waals surface area (Å²) in [4.78, 5) is 22.1. The van der Waals surface area contributed by atoms with Gasteiger partial charge >= 0.3 is 0 Å². The van der Waals surface area contributed by atoms with Crippen molar-refractivity contribution in [2.75, 3.05) is 39.2 Å². The Morgan fingerprint density at radius 2 is 1.79 bits per heavy atom. The van der Waals surface area contributed by atoms with E-state index in [4.69, 9.17) is 9.72 Å². The average Bonchev–Trinajstić information content (AvgIpc) is 3.07. The molecule has 7 heteroatoms. The predicted octanol–water partition coefficient (Wildman–Crippen LogP) is 4.94. The molecule has 5 nitrogen and oxygen atoms in total. The van der Waals surface area contributed by atoms with Gasteiger partial charge in [-0.05, 0) is 76.3 Å². The van der Waals surface area contributed by atoms with Gasteiger partial charge in [0.25, 0.3) is 5.91 Å². The smallest absolute Gasteiger partial charge is 0.263 e. The van der Waals surface area contributed by atoms with Gasteiger partial charge in [0.15, 0.2) is 5.13 Å². The maximum atomic E-state index is 13.4. The molecule has 0 saturated carbocycles. The molecule has 0 aliphatic carbocycles. The van der Waals surface area contributed by atoms with Crippen molar-refractivity contribution in [2.24, 2.45) is 0 Å². The molecule has 0 fully saturated rings. The first kappa shape index (κ1) is 23.1. The number of methoxy groups -OCH3 is 1. The van der Waals surface area contributed by atoms with Crippen molar-refractivity contribution < 1.29 is 9.53 Å². The second kappa shape index (κ2) is 10.1. The maximum Gasteiger partial charge on any atom is 0.263 e. The lowest BCUT2D eigenvalue weighted by Crippen LogP contribution is -2.33. The molecule has 1 heterocycles. The molecule has 1 amide bonds. The summed E-state index contributed by atoms with van der Waals surface area (Å²) in [7, 11) is 5.66. The molecule has 0 spiro atoms. The van der Waals surface area contributed by atoms with E-state index in [2.05, 4.69) is 30.9 Å². The Bertz CT molecular complexity index is 948. The number of amides is 1. The van der Waals surface area contributed by atoms with E-state index in [-0.39, 0.29) is 18.3 Å². The summed E-state index contributed by atoms with van der Waals surface area (Å²) in [6.45, 7) is 5.69. The Balaban J connectivity index is 0.00000300. The number of carbonyl (C=O) groups is 1. The molecule has 0 radical (unpaired) electrons. The normalized spacial score (nSPS) is 10.8. The van der Waals surface area contributed by atoms with E-state index >= 15 is 0 Å². The van der Waals surface area contributed by atoms with Crippen LogP contribution >= 0.6 is 23.7 Å². The summed E-state index contributed by atoms with van der Waals surface area (Å²) in [5.74, 6) is 0.501. The minimum absolute atomic E-state index is 0. The first-order valence-electron chi connectivity index (χ1n) is 9.38. The number of ether oxygens (including phenoxy) is 1. The molecule has 0 saturated heterocycles. The molecule has 2 aromatic carbocycles. The van der Waals surface area contributed by atoms with Crippen molar-refractivity contribution >= 4 is 45.0 Å². The number of para-hydroxylation sites is 1. The van der Waals surface area contributed by atoms with E-state index in [1.165, 1.54) is 11.1 Å². The monoisotopic (exact) mass is 433 g/mol. The third-order valence-electron chi connectivity index (χ3n) is 4.79. The quantitative estimate of drug-likeness (QED) is 0.529. The van der Waals surface area contributed by atoms with E-state index in [1.807, 2.05) is 38.4 Å². The Kier molecular flexibility index (Phi) is 8.02. The van der Waals surface area contributed by atoms with Gasteiger partial charge in [0.2, 0.25) is 0 Å². The van der Waals surface area contributed by atoms with Crippen LogP contribution in [0.5, 0.6) is 5.75 Å². The number of hydrogen-bond donors (Lipinski definition) is 0. The van der Waals surface area contributed by atoms with Crippen LogP contribution in [-0.4, -0.2) is 50.1 Å². The van der Waals surface area contributed by atoms with E-state index in [0.717, 1.165) is 28.3 Å². The fourth-order valence-corrected chi connectivity index (χ4v) is 4.15. The van der Waals surface area contributed by atoms with Crippen LogP contribution in [0, 0.1) is 13.8 Å². The van der Waals surface area contributed by atoms with E-state index in [1.54, 1.807) is 23.3 Å². The molecule has 0 atom stereocenters. The van der Waals surface area contributed by atoms with Crippen molar-refractivity contribution in [3.63, 3.8) is 0 Å². The molecule has 29 heavy (non-hydrogen) atoms. The highest BCUT2D eigenvalue weighted by Gasteiger charge is 2.23. The molecule has 0 unspecified atom stereocenters. The Labute approximate surface area is 182 Å². The number of carbonyl (C=O) groups excluding carboxylic acids is 1. The third-order valence-corrected chi connectivity index (χ3v) is 5.83. The van der Waals surface area contributed by atoms with Crippen molar-refractivity contribution in [2.45, 2.75) is 20.3 Å². The number of thiazole rings is 1. The second-order valence-corrected chi connectivity index (χ2v) is 8.22. The van der Waals surface area contributed by atoms with Gasteiger partial charge in [-0.25, -0.2) is 4.98 Å². The van der Waals surface area contributed by atoms with E-state index in [0.29, 0.717) is 17.9 Å². The number of nitrogens with zero attached hydrogens (tertiary/aromatic N) is 3. The minimum atomic E-state index is -0.0799. The zero-order chi connectivity index (χ0) is 20.3. The minimum Gasteiger partial charge on any atom is -0.496 e. The van der Waals surface area contributed by atoms with Crippen LogP contribution in [0.1, 0.15) is 27.9 Å². The highest BCUT2D eigenvalue weighted by atomic mass is 35.5. The summed E-state index contributed by atoms with van der Waals surface area (Å²) < 4.78 is 6.51. The molecule has 3 aromatic rings. The number of fused-ring (bicyclic) bond motifs is 1. The number of anilines is 1. The van der Waals surface area contributed by atoms with Crippen molar-refractivity contribution in [3.8, 4) is 5.75 Å². The van der Waals surface area contributed by atoms with Crippen LogP contribution < -0.4 is 9.64 Å². The number of aryl methyl sites for hydroxylation is 2. The Hall–Kier alpha value is -2.15. The number of aromatic nitrogens is 1. The fraction of sp³-hybridized carbons (Fsp3) is 0.364. The van der Waals surface area contributed by atoms with Gasteiger partial charge < -0.3 is 9.64 Å². The van der Waals surface area contributed by atoms with Crippen LogP contribution in [0.3, 0.4) is 0 Å². The van der Waals surface area contributed by atoms with Crippen LogP contribution in [0.4, 0.5) is 5.13 Å². The fourth-order valence-electron chi connectivity index (χ4n) is 3.08. The average molecular weight is 434 g/mol. The molecule has 1 aromatic heterocycles. The zero-order valence-electron chi connectivity index (χ0n) is 17.6. The molecule has 156 valence electrons. The van der Waals surface area contributed by atoms with Crippen molar-refractivity contribution in [3.05, 3.63) is 53.1 Å². The molecule has 0 aliphatic rings. The largest absolute Gasteiger partial charge is 0.496 e. The summed E-state index contributed by atoms with van der Waals surface area (Å²) in [6, 6.07) is 11.6. The molecule has 3 rings (SSSR count). The van der Waals surface area contributed by atoms with Crippen molar-refractivity contribution in [1.29, 1.82) is 0 Å². The zero-order valence-corrected chi connectivity index (χ0v) is 19.2. The first-order valence-corrected chi connectivity index (χ1v) is 10.2. The molecule has 0 bridgehead atoms. The van der Waals surface area contributed by atoms with Crippen LogP contribution in [0.2, 0.25) is 0 Å². The van der Waals surface area contributed by atoms with Gasteiger partial charge in [0.1, 0.15) is 5.75 Å². The van der Waals surface area contributed by atoms with E-state index in [9.17, 15) is 4.79 Å². The standard InChI is InChI=1S/C22H27N3O2S.ClH/c1-15-13-18-20(14-16(15)2)28-22(23-18)25(12-8-11-24(3)4)21(26)17-9-6-7-10-19(17)27-5;/h6-7,9-10,13-14H,8,11-12H2,1-5H3;1H. The highest BCUT2D eigenvalue weighted by molar-refractivity contribution is 7.22. The lowest BCUT2D eigenvalue weighted by Gasteiger charge is -2.22. The molecule has 0 aliphatic heterocycles. The van der Waals surface area contributed by atoms with Crippen LogP contribution in [0.25, 0.3) is 10.2 Å². The highest BCUT2D eigenvalue weighted by Crippen LogP contribution is 2.32. The molecule has 0 N–H and O–H groups in total. The first-order chi connectivity index (χ1) is 13.4. The number of rotatable bonds is 7. The molecular formula is C22H28ClN3O2S. The summed E-state index contributed by atoms with van der Waals surface area (Å²) in [5, 5.41) is 0.731. The van der Waals surface area contributed by atoms with Gasteiger partial charge in [-0.1, -0.05) is 23.5 Å². The lowest BCUT2D eigenvalue weighted by atomic mass is 10.1. The number of benzene rings is 2. The van der Waals surface area contributed by atoms with Gasteiger partial charge in [-0.3, -0.25) is 9.69 Å². The Morgan fingerprint density at radius 1 is 1.10 bits per heavy atom. The summed E-state index contributed by atoms with van der Waals surface area (Å²) >= 11 is 1.56. The Morgan fingerprint density at radius 3 is 2.48 bits per heavy atom. The maximum absolute atomic E-state index is 13.4. The van der Waals surface area contributed by atoms with E-state index < -0.39 is 0 Å². The molecular weight excluding hydrogens is 406 g/mol. The summed E-state index contributed by atoms with van der Waals surface area (Å²) in [5.41, 5.74) is 3.94. The predicted molar refractivity (Wildman–Crippen MR) is 124 cm³/mol. The number of hydrogen-bond acceptors (Lipinski definition) is 5. The third kappa shape index (κ3) is 5.26. The second-order valence-electron chi connectivity index (χ2n) is 7.21. The number of halogens is 1. The lowest BCUT2D eigenvalue weighted by molar-refractivity contribution is 0.0983. The van der Waals surface area contributed by atoms with Crippen LogP contribution in [0.15, 0.2) is 36.4 Å². The van der Waals surface area contributed by atoms with Crippen LogP contribution in [-0.2, 0) is 0 Å². The topological polar surface area (TPSA) is 45.7 Å². The van der Waals surface area contributed by atoms with Gasteiger partial charge in [0, 0.05) is 6.54 Å². The SMILES string of the molecule is COc1ccccc1C(=O)N(CCCN(C)C)c1nc2cc(C)c(C)cc2s1.Cl.